The van der Waals surface area contributed by atoms with Crippen LogP contribution >= 0.6 is 0 Å². The van der Waals surface area contributed by atoms with E-state index in [1.807, 2.05) is 0 Å². The van der Waals surface area contributed by atoms with Gasteiger partial charge in [0.1, 0.15) is 5.75 Å². The smallest absolute Gasteiger partial charge is 0.115 e. The summed E-state index contributed by atoms with van der Waals surface area (Å²) in [4.78, 5) is 0. The summed E-state index contributed by atoms with van der Waals surface area (Å²) >= 11 is -2.30. The summed E-state index contributed by atoms with van der Waals surface area (Å²) in [7, 11) is 0. The number of hydrogen-bond donors (Lipinski definition) is 2. The molecule has 60 valence electrons. The molecule has 0 aliphatic rings. The average molecular weight is 172 g/mol. The maximum atomic E-state index is 10.1. The highest BCUT2D eigenvalue weighted by Crippen LogP contribution is 2.13. The molecule has 1 aromatic carbocycles. The van der Waals surface area contributed by atoms with Gasteiger partial charge in [-0.3, -0.25) is 4.21 Å². The molecule has 0 amide bonds. The normalized spacial score (nSPS) is 12.5. The van der Waals surface area contributed by atoms with Crippen molar-refractivity contribution >= 4 is 17.0 Å². The Kier molecular flexibility index (Phi) is 2.45. The zero-order chi connectivity index (χ0) is 8.27. The van der Waals surface area contributed by atoms with Gasteiger partial charge >= 0.3 is 0 Å². The summed E-state index contributed by atoms with van der Waals surface area (Å²) in [6.45, 7) is 0. The third-order valence-electron chi connectivity index (χ3n) is 1.07. The lowest BCUT2D eigenvalue weighted by molar-refractivity contribution is 0.475. The highest BCUT2D eigenvalue weighted by molar-refractivity contribution is 7.80. The molecular weight excluding hydrogens is 166 g/mol. The van der Waals surface area contributed by atoms with E-state index in [-0.39, 0.29) is 5.75 Å². The van der Waals surface area contributed by atoms with Gasteiger partial charge in [0.15, 0.2) is 0 Å². The van der Waals surface area contributed by atoms with Crippen molar-refractivity contribution < 1.29 is 13.9 Å². The van der Waals surface area contributed by atoms with E-state index in [9.17, 15) is 8.76 Å². The number of nitrogens with one attached hydrogen (secondary N) is 1. The van der Waals surface area contributed by atoms with Gasteiger partial charge in [-0.2, -0.15) is 0 Å². The molecule has 0 aliphatic heterocycles. The molecule has 5 heteroatoms. The molecule has 1 aromatic rings. The second-order valence-corrected chi connectivity index (χ2v) is 2.56. The summed E-state index contributed by atoms with van der Waals surface area (Å²) in [5.41, 5.74) is 0.427. The minimum atomic E-state index is -2.30. The van der Waals surface area contributed by atoms with Crippen molar-refractivity contribution in [3.05, 3.63) is 24.3 Å². The molecule has 0 aliphatic carbocycles. The molecule has 4 nitrogen and oxygen atoms in total. The van der Waals surface area contributed by atoms with Crippen LogP contribution in [-0.2, 0) is 11.3 Å². The van der Waals surface area contributed by atoms with E-state index in [1.54, 1.807) is 0 Å². The Labute approximate surface area is 66.3 Å². The number of rotatable bonds is 2. The van der Waals surface area contributed by atoms with E-state index in [0.29, 0.717) is 5.69 Å². The Morgan fingerprint density at radius 3 is 2.36 bits per heavy atom. The molecule has 1 rings (SSSR count). The number of phenols is 1. The predicted molar refractivity (Wildman–Crippen MR) is 40.6 cm³/mol. The molecule has 1 atom stereocenters. The van der Waals surface area contributed by atoms with E-state index >= 15 is 0 Å². The van der Waals surface area contributed by atoms with Gasteiger partial charge in [0.2, 0.25) is 0 Å². The number of hydrogen-bond acceptors (Lipinski definition) is 3. The van der Waals surface area contributed by atoms with Gasteiger partial charge in [0.05, 0.1) is 0 Å². The summed E-state index contributed by atoms with van der Waals surface area (Å²) in [6.07, 6.45) is 0. The van der Waals surface area contributed by atoms with Gasteiger partial charge in [-0.1, -0.05) is 0 Å². The Bertz CT molecular complexity index is 259. The third-order valence-corrected chi connectivity index (χ3v) is 1.47. The van der Waals surface area contributed by atoms with Crippen LogP contribution in [0.2, 0.25) is 0 Å². The van der Waals surface area contributed by atoms with Crippen molar-refractivity contribution in [3.63, 3.8) is 0 Å². The van der Waals surface area contributed by atoms with E-state index in [4.69, 9.17) is 5.11 Å². The highest BCUT2D eigenvalue weighted by Gasteiger charge is 1.89. The second kappa shape index (κ2) is 3.36. The lowest BCUT2D eigenvalue weighted by atomic mass is 10.3. The zero-order valence-electron chi connectivity index (χ0n) is 5.48. The van der Waals surface area contributed by atoms with Crippen molar-refractivity contribution in [2.75, 3.05) is 4.72 Å². The molecule has 0 saturated heterocycles. The van der Waals surface area contributed by atoms with E-state index < -0.39 is 11.3 Å². The van der Waals surface area contributed by atoms with Crippen LogP contribution in [-0.4, -0.2) is 13.9 Å². The van der Waals surface area contributed by atoms with Crippen LogP contribution in [0.15, 0.2) is 24.3 Å². The molecule has 0 spiro atoms. The number of aromatic hydroxyl groups is 1. The Balaban J connectivity index is 2.74. The monoisotopic (exact) mass is 172 g/mol. The maximum Gasteiger partial charge on any atom is 0.115 e. The lowest BCUT2D eigenvalue weighted by Crippen LogP contribution is -2.01. The summed E-state index contributed by atoms with van der Waals surface area (Å²) < 4.78 is 22.3. The Hall–Kier alpha value is -1.07. The van der Waals surface area contributed by atoms with E-state index in [0.717, 1.165) is 0 Å². The lowest BCUT2D eigenvalue weighted by Gasteiger charge is -2.07. The average Bonchev–Trinajstić information content (AvgIpc) is 1.93. The first-order valence-electron chi connectivity index (χ1n) is 2.83. The molecule has 1 unspecified atom stereocenters. The van der Waals surface area contributed by atoms with Crippen molar-refractivity contribution in [1.82, 2.24) is 0 Å². The van der Waals surface area contributed by atoms with Crippen LogP contribution < -0.4 is 4.72 Å². The molecule has 0 bridgehead atoms. The van der Waals surface area contributed by atoms with Gasteiger partial charge in [-0.15, -0.1) is 0 Å². The maximum absolute atomic E-state index is 10.1. The van der Waals surface area contributed by atoms with E-state index in [1.165, 1.54) is 24.3 Å². The molecule has 0 heterocycles. The van der Waals surface area contributed by atoms with Gasteiger partial charge < -0.3 is 14.4 Å². The minimum Gasteiger partial charge on any atom is -0.755 e. The fraction of sp³-hybridized carbons (Fsp3) is 0. The first-order valence-corrected chi connectivity index (χ1v) is 3.91. The molecule has 0 aromatic heterocycles. The second-order valence-electron chi connectivity index (χ2n) is 1.88. The minimum absolute atomic E-state index is 0.104. The van der Waals surface area contributed by atoms with Crippen LogP contribution in [0.4, 0.5) is 5.69 Å². The van der Waals surface area contributed by atoms with Crippen molar-refractivity contribution in [2.24, 2.45) is 0 Å². The third kappa shape index (κ3) is 2.57. The Morgan fingerprint density at radius 1 is 1.36 bits per heavy atom. The highest BCUT2D eigenvalue weighted by atomic mass is 32.2. The zero-order valence-corrected chi connectivity index (χ0v) is 6.30. The number of benzene rings is 1. The SMILES string of the molecule is O=S([O-])Nc1ccc(O)cc1. The summed E-state index contributed by atoms with van der Waals surface area (Å²) in [5.74, 6) is 0.104. The quantitative estimate of drug-likeness (QED) is 0.506. The van der Waals surface area contributed by atoms with Crippen LogP contribution in [0.1, 0.15) is 0 Å². The number of phenolic OH excluding ortho intramolecular Hbond substituents is 1. The van der Waals surface area contributed by atoms with Gasteiger partial charge in [0.25, 0.3) is 0 Å². The molecule has 2 N–H and O–H groups in total. The fourth-order valence-electron chi connectivity index (χ4n) is 0.626. The topological polar surface area (TPSA) is 72.4 Å². The fourth-order valence-corrected chi connectivity index (χ4v) is 0.954. The van der Waals surface area contributed by atoms with Crippen LogP contribution in [0.25, 0.3) is 0 Å². The van der Waals surface area contributed by atoms with Crippen molar-refractivity contribution in [3.8, 4) is 5.75 Å². The van der Waals surface area contributed by atoms with Crippen molar-refractivity contribution in [1.29, 1.82) is 0 Å². The van der Waals surface area contributed by atoms with Gasteiger partial charge in [-0.05, 0) is 24.3 Å². The van der Waals surface area contributed by atoms with Gasteiger partial charge in [0, 0.05) is 17.0 Å². The molecule has 0 saturated carbocycles. The first-order chi connectivity index (χ1) is 5.18. The van der Waals surface area contributed by atoms with E-state index in [2.05, 4.69) is 4.72 Å². The molecular formula is C6H6NO3S-. The predicted octanol–water partition coefficient (Wildman–Crippen LogP) is 0.598. The summed E-state index contributed by atoms with van der Waals surface area (Å²) in [6, 6.07) is 5.72. The van der Waals surface area contributed by atoms with Crippen LogP contribution in [0.3, 0.4) is 0 Å². The molecule has 0 radical (unpaired) electrons. The van der Waals surface area contributed by atoms with Gasteiger partial charge in [-0.25, -0.2) is 0 Å². The van der Waals surface area contributed by atoms with Crippen LogP contribution in [0, 0.1) is 0 Å². The van der Waals surface area contributed by atoms with Crippen molar-refractivity contribution in [2.45, 2.75) is 0 Å². The summed E-state index contributed by atoms with van der Waals surface area (Å²) in [5, 5.41) is 8.81. The number of anilines is 1. The molecule has 0 fully saturated rings. The molecule has 11 heavy (non-hydrogen) atoms. The Morgan fingerprint density at radius 2 is 1.91 bits per heavy atom. The van der Waals surface area contributed by atoms with Crippen LogP contribution in [0.5, 0.6) is 5.75 Å². The first kappa shape index (κ1) is 8.03. The standard InChI is InChI=1S/C6H7NO3S/c8-6-3-1-5(2-4-6)7-11(9)10/h1-4,7-8H,(H,9,10)/p-1. The largest absolute Gasteiger partial charge is 0.755 e.